The Kier molecular flexibility index (Phi) is 2.75. The number of carbonyl (C=O) groups excluding carboxylic acids is 1. The number of aryl methyl sites for hydroxylation is 2. The largest absolute Gasteiger partial charge is 0.286 e. The van der Waals surface area contributed by atoms with Gasteiger partial charge in [0.15, 0.2) is 0 Å². The van der Waals surface area contributed by atoms with Gasteiger partial charge in [-0.05, 0) is 40.5 Å². The first-order valence-corrected chi connectivity index (χ1v) is 5.99. The Balaban J connectivity index is 2.41. The highest BCUT2D eigenvalue weighted by molar-refractivity contribution is 9.11. The van der Waals surface area contributed by atoms with E-state index in [1.54, 1.807) is 24.0 Å². The summed E-state index contributed by atoms with van der Waals surface area (Å²) in [7, 11) is 1.77. The van der Waals surface area contributed by atoms with Crippen LogP contribution in [0.1, 0.15) is 20.9 Å². The predicted molar refractivity (Wildman–Crippen MR) is 63.4 cm³/mol. The van der Waals surface area contributed by atoms with Gasteiger partial charge in [-0.3, -0.25) is 9.48 Å². The second kappa shape index (κ2) is 3.90. The number of halogens is 1. The molecule has 0 saturated heterocycles. The number of nitrogens with zero attached hydrogens (tertiary/aromatic N) is 2. The molecule has 0 fully saturated rings. The molecule has 0 aromatic carbocycles. The normalized spacial score (nSPS) is 10.6. The second-order valence-electron chi connectivity index (χ2n) is 3.24. The Labute approximate surface area is 99.9 Å². The van der Waals surface area contributed by atoms with Crippen molar-refractivity contribution in [3.05, 3.63) is 38.3 Å². The molecule has 2 rings (SSSR count). The molecule has 2 heterocycles. The third kappa shape index (κ3) is 1.89. The fourth-order valence-electron chi connectivity index (χ4n) is 1.29. The lowest BCUT2D eigenvalue weighted by Gasteiger charge is -1.97. The summed E-state index contributed by atoms with van der Waals surface area (Å²) in [5, 5.41) is 3.98. The number of rotatable bonds is 2. The molecule has 15 heavy (non-hydrogen) atoms. The maximum atomic E-state index is 12.0. The molecule has 0 unspecified atom stereocenters. The molecule has 0 saturated carbocycles. The van der Waals surface area contributed by atoms with E-state index in [1.165, 1.54) is 11.3 Å². The van der Waals surface area contributed by atoms with Gasteiger partial charge in [-0.1, -0.05) is 0 Å². The van der Waals surface area contributed by atoms with Gasteiger partial charge in [0.1, 0.15) is 5.69 Å². The molecule has 3 nitrogen and oxygen atoms in total. The zero-order valence-corrected chi connectivity index (χ0v) is 10.7. The third-order valence-corrected chi connectivity index (χ3v) is 4.27. The molecular formula is C10H9BrN2OS. The summed E-state index contributed by atoms with van der Waals surface area (Å²) in [5.74, 6) is 0.0220. The van der Waals surface area contributed by atoms with Crippen molar-refractivity contribution in [2.24, 2.45) is 7.05 Å². The molecule has 0 amide bonds. The lowest BCUT2D eigenvalue weighted by Crippen LogP contribution is -2.06. The van der Waals surface area contributed by atoms with Crippen molar-refractivity contribution in [1.29, 1.82) is 0 Å². The molecule has 0 N–H and O–H groups in total. The van der Waals surface area contributed by atoms with E-state index in [1.807, 2.05) is 13.0 Å². The summed E-state index contributed by atoms with van der Waals surface area (Å²) in [6.07, 6.45) is 1.63. The molecule has 5 heteroatoms. The van der Waals surface area contributed by atoms with Gasteiger partial charge in [-0.2, -0.15) is 5.10 Å². The minimum atomic E-state index is 0.0220. The molecule has 0 aliphatic rings. The number of aromatic nitrogens is 2. The van der Waals surface area contributed by atoms with E-state index in [2.05, 4.69) is 21.0 Å². The maximum Gasteiger partial charge on any atom is 0.220 e. The average molecular weight is 285 g/mol. The predicted octanol–water partition coefficient (Wildman–Crippen LogP) is 2.78. The fraction of sp³-hybridized carbons (Fsp3) is 0.200. The van der Waals surface area contributed by atoms with Crippen LogP contribution in [0.4, 0.5) is 0 Å². The number of carbonyl (C=O) groups is 1. The third-order valence-electron chi connectivity index (χ3n) is 2.13. The summed E-state index contributed by atoms with van der Waals surface area (Å²) in [5.41, 5.74) is 1.70. The van der Waals surface area contributed by atoms with Gasteiger partial charge in [0, 0.05) is 13.2 Å². The van der Waals surface area contributed by atoms with Crippen molar-refractivity contribution in [2.75, 3.05) is 0 Å². The van der Waals surface area contributed by atoms with Crippen molar-refractivity contribution >= 4 is 33.0 Å². The number of ketones is 1. The SMILES string of the molecule is Cc1cc(C(=O)c2ccnn2C)sc1Br. The summed E-state index contributed by atoms with van der Waals surface area (Å²) >= 11 is 4.87. The highest BCUT2D eigenvalue weighted by atomic mass is 79.9. The van der Waals surface area contributed by atoms with Crippen LogP contribution < -0.4 is 0 Å². The fourth-order valence-corrected chi connectivity index (χ4v) is 2.78. The van der Waals surface area contributed by atoms with E-state index < -0.39 is 0 Å². The lowest BCUT2D eigenvalue weighted by molar-refractivity contribution is 0.103. The standard InChI is InChI=1S/C10H9BrN2OS/c1-6-5-8(15-10(6)11)9(14)7-3-4-12-13(7)2/h3-5H,1-2H3. The van der Waals surface area contributed by atoms with Crippen molar-refractivity contribution in [2.45, 2.75) is 6.92 Å². The molecule has 0 bridgehead atoms. The van der Waals surface area contributed by atoms with Crippen LogP contribution in [-0.4, -0.2) is 15.6 Å². The molecule has 0 aliphatic carbocycles. The molecule has 2 aromatic heterocycles. The van der Waals surface area contributed by atoms with Gasteiger partial charge in [-0.15, -0.1) is 11.3 Å². The summed E-state index contributed by atoms with van der Waals surface area (Å²) in [6.45, 7) is 1.97. The van der Waals surface area contributed by atoms with Crippen molar-refractivity contribution < 1.29 is 4.79 Å². The quantitative estimate of drug-likeness (QED) is 0.795. The Morgan fingerprint density at radius 2 is 2.33 bits per heavy atom. The van der Waals surface area contributed by atoms with Gasteiger partial charge in [0.05, 0.1) is 8.66 Å². The van der Waals surface area contributed by atoms with Crippen LogP contribution in [0, 0.1) is 6.92 Å². The van der Waals surface area contributed by atoms with Crippen LogP contribution in [-0.2, 0) is 7.05 Å². The van der Waals surface area contributed by atoms with E-state index in [0.717, 1.165) is 14.2 Å². The minimum absolute atomic E-state index is 0.0220. The smallest absolute Gasteiger partial charge is 0.220 e. The van der Waals surface area contributed by atoms with Gasteiger partial charge < -0.3 is 0 Å². The van der Waals surface area contributed by atoms with Gasteiger partial charge in [-0.25, -0.2) is 0 Å². The first-order chi connectivity index (χ1) is 7.09. The molecule has 78 valence electrons. The molecule has 0 radical (unpaired) electrons. The summed E-state index contributed by atoms with van der Waals surface area (Å²) in [4.78, 5) is 12.8. The monoisotopic (exact) mass is 284 g/mol. The first-order valence-electron chi connectivity index (χ1n) is 4.38. The van der Waals surface area contributed by atoms with Crippen LogP contribution in [0.25, 0.3) is 0 Å². The summed E-state index contributed by atoms with van der Waals surface area (Å²) < 4.78 is 2.60. The van der Waals surface area contributed by atoms with E-state index in [9.17, 15) is 4.79 Å². The number of hydrogen-bond acceptors (Lipinski definition) is 3. The van der Waals surface area contributed by atoms with Gasteiger partial charge >= 0.3 is 0 Å². The van der Waals surface area contributed by atoms with Crippen LogP contribution in [0.5, 0.6) is 0 Å². The molecule has 0 atom stereocenters. The summed E-state index contributed by atoms with van der Waals surface area (Å²) in [6, 6.07) is 3.62. The van der Waals surface area contributed by atoms with Crippen LogP contribution in [0.3, 0.4) is 0 Å². The Hall–Kier alpha value is -0.940. The van der Waals surface area contributed by atoms with Gasteiger partial charge in [0.25, 0.3) is 0 Å². The highest BCUT2D eigenvalue weighted by Crippen LogP contribution is 2.28. The highest BCUT2D eigenvalue weighted by Gasteiger charge is 2.15. The molecular weight excluding hydrogens is 276 g/mol. The van der Waals surface area contributed by atoms with Crippen LogP contribution in [0.2, 0.25) is 0 Å². The van der Waals surface area contributed by atoms with E-state index in [4.69, 9.17) is 0 Å². The van der Waals surface area contributed by atoms with Crippen molar-refractivity contribution in [3.8, 4) is 0 Å². The number of thiophene rings is 1. The van der Waals surface area contributed by atoms with E-state index in [-0.39, 0.29) is 5.78 Å². The topological polar surface area (TPSA) is 34.9 Å². The lowest BCUT2D eigenvalue weighted by atomic mass is 10.2. The van der Waals surface area contributed by atoms with Crippen molar-refractivity contribution in [3.63, 3.8) is 0 Å². The number of hydrogen-bond donors (Lipinski definition) is 0. The Bertz CT molecular complexity index is 496. The molecule has 0 aliphatic heterocycles. The second-order valence-corrected chi connectivity index (χ2v) is 5.61. The van der Waals surface area contributed by atoms with Crippen LogP contribution in [0.15, 0.2) is 22.1 Å². The first kappa shape index (κ1) is 10.6. The van der Waals surface area contributed by atoms with Gasteiger partial charge in [0.2, 0.25) is 5.78 Å². The van der Waals surface area contributed by atoms with Crippen molar-refractivity contribution in [1.82, 2.24) is 9.78 Å². The Morgan fingerprint density at radius 3 is 2.80 bits per heavy atom. The average Bonchev–Trinajstić information content (AvgIpc) is 2.74. The minimum Gasteiger partial charge on any atom is -0.286 e. The van der Waals surface area contributed by atoms with Crippen LogP contribution >= 0.6 is 27.3 Å². The Morgan fingerprint density at radius 1 is 1.60 bits per heavy atom. The van der Waals surface area contributed by atoms with E-state index in [0.29, 0.717) is 5.69 Å². The molecule has 2 aromatic rings. The zero-order valence-electron chi connectivity index (χ0n) is 8.32. The molecule has 0 spiro atoms. The maximum absolute atomic E-state index is 12.0. The van der Waals surface area contributed by atoms with E-state index >= 15 is 0 Å². The zero-order chi connectivity index (χ0) is 11.0.